The molecule has 2 aromatic heterocycles. The van der Waals surface area contributed by atoms with E-state index in [4.69, 9.17) is 9.47 Å². The SMILES string of the molecule is CCCC.COc1cc(C(=O)Nc2cccc(-c3cccc(NC(=O)c4cc(OC)c(CNC5CC(O)C5)cn4)c3C)c2C)ncc1CNC1CC(O)C1. The molecule has 6 N–H and O–H groups in total. The van der Waals surface area contributed by atoms with Crippen LogP contribution in [0, 0.1) is 13.8 Å². The Kier molecular flexibility index (Phi) is 14.1. The summed E-state index contributed by atoms with van der Waals surface area (Å²) in [4.78, 5) is 35.5. The van der Waals surface area contributed by atoms with Crippen LogP contribution in [-0.2, 0) is 13.1 Å². The second kappa shape index (κ2) is 18.9. The molecule has 2 amide bonds. The molecule has 12 heteroatoms. The molecule has 2 fully saturated rings. The second-order valence-electron chi connectivity index (χ2n) is 14.0. The Balaban J connectivity index is 0.00000133. The first-order valence-electron chi connectivity index (χ1n) is 18.8. The van der Waals surface area contributed by atoms with Crippen molar-refractivity contribution in [3.8, 4) is 22.6 Å². The Bertz CT molecular complexity index is 1770. The molecule has 4 aromatic rings. The molecule has 0 bridgehead atoms. The number of pyridine rings is 2. The number of aliphatic hydroxyl groups excluding tert-OH is 2. The van der Waals surface area contributed by atoms with Gasteiger partial charge in [0.05, 0.1) is 26.4 Å². The number of hydrogen-bond acceptors (Lipinski definition) is 10. The number of unbranched alkanes of at least 4 members (excludes halogenated alkanes) is 1. The molecule has 0 radical (unpaired) electrons. The average molecular weight is 739 g/mol. The second-order valence-corrected chi connectivity index (χ2v) is 14.0. The molecule has 0 saturated heterocycles. The molecular weight excluding hydrogens is 684 g/mol. The van der Waals surface area contributed by atoms with Crippen LogP contribution in [0.2, 0.25) is 0 Å². The number of hydrogen-bond donors (Lipinski definition) is 6. The van der Waals surface area contributed by atoms with E-state index >= 15 is 0 Å². The summed E-state index contributed by atoms with van der Waals surface area (Å²) in [5, 5.41) is 31.9. The van der Waals surface area contributed by atoms with Crippen molar-refractivity contribution in [1.82, 2.24) is 20.6 Å². The molecule has 0 aliphatic heterocycles. The van der Waals surface area contributed by atoms with Crippen molar-refractivity contribution >= 4 is 23.2 Å². The molecule has 6 rings (SSSR count). The average Bonchev–Trinajstić information content (AvgIpc) is 3.15. The summed E-state index contributed by atoms with van der Waals surface area (Å²) in [5.74, 6) is 0.387. The highest BCUT2D eigenvalue weighted by atomic mass is 16.5. The third-order valence-electron chi connectivity index (χ3n) is 10.1. The molecule has 0 atom stereocenters. The zero-order valence-corrected chi connectivity index (χ0v) is 32.2. The highest BCUT2D eigenvalue weighted by Crippen LogP contribution is 2.34. The number of ether oxygens (including phenoxy) is 2. The third-order valence-corrected chi connectivity index (χ3v) is 10.1. The first kappa shape index (κ1) is 40.3. The smallest absolute Gasteiger partial charge is 0.274 e. The predicted octanol–water partition coefficient (Wildman–Crippen LogP) is 6.31. The molecule has 2 aliphatic carbocycles. The lowest BCUT2D eigenvalue weighted by atomic mass is 9.89. The molecule has 12 nitrogen and oxygen atoms in total. The normalized spacial score (nSPS) is 18.7. The highest BCUT2D eigenvalue weighted by Gasteiger charge is 2.28. The summed E-state index contributed by atoms with van der Waals surface area (Å²) in [7, 11) is 3.12. The quantitative estimate of drug-likeness (QED) is 0.0863. The largest absolute Gasteiger partial charge is 0.496 e. The highest BCUT2D eigenvalue weighted by molar-refractivity contribution is 6.05. The van der Waals surface area contributed by atoms with E-state index < -0.39 is 0 Å². The van der Waals surface area contributed by atoms with E-state index in [2.05, 4.69) is 45.1 Å². The maximum atomic E-state index is 13.3. The maximum Gasteiger partial charge on any atom is 0.274 e. The Hall–Kier alpha value is -4.88. The zero-order valence-electron chi connectivity index (χ0n) is 32.2. The number of methoxy groups -OCH3 is 2. The van der Waals surface area contributed by atoms with Gasteiger partial charge in [-0.1, -0.05) is 51.0 Å². The van der Waals surface area contributed by atoms with Crippen LogP contribution in [0.4, 0.5) is 11.4 Å². The fourth-order valence-electron chi connectivity index (χ4n) is 6.34. The van der Waals surface area contributed by atoms with Gasteiger partial charge in [-0.05, 0) is 73.9 Å². The van der Waals surface area contributed by atoms with Gasteiger partial charge in [0.1, 0.15) is 22.9 Å². The molecule has 0 unspecified atom stereocenters. The lowest BCUT2D eigenvalue weighted by Crippen LogP contribution is -2.43. The molecule has 2 heterocycles. The van der Waals surface area contributed by atoms with Crippen LogP contribution in [0.3, 0.4) is 0 Å². The number of aliphatic hydroxyl groups is 2. The van der Waals surface area contributed by atoms with Gasteiger partial charge in [0.25, 0.3) is 11.8 Å². The first-order valence-corrected chi connectivity index (χ1v) is 18.8. The van der Waals surface area contributed by atoms with Crippen molar-refractivity contribution in [3.05, 3.63) is 94.6 Å². The lowest BCUT2D eigenvalue weighted by molar-refractivity contribution is 0.0615. The lowest BCUT2D eigenvalue weighted by Gasteiger charge is -2.32. The number of amides is 2. The molecule has 2 aliphatic rings. The number of aromatic nitrogens is 2. The van der Waals surface area contributed by atoms with Gasteiger partial charge in [-0.25, -0.2) is 0 Å². The Morgan fingerprint density at radius 3 is 1.41 bits per heavy atom. The van der Waals surface area contributed by atoms with Gasteiger partial charge in [0.15, 0.2) is 0 Å². The van der Waals surface area contributed by atoms with Gasteiger partial charge in [0.2, 0.25) is 0 Å². The number of nitrogens with zero attached hydrogens (tertiary/aromatic N) is 2. The van der Waals surface area contributed by atoms with E-state index in [9.17, 15) is 19.8 Å². The summed E-state index contributed by atoms with van der Waals surface area (Å²) < 4.78 is 11.1. The fourth-order valence-corrected chi connectivity index (χ4v) is 6.34. The first-order chi connectivity index (χ1) is 26.0. The van der Waals surface area contributed by atoms with E-state index in [0.29, 0.717) is 36.0 Å². The summed E-state index contributed by atoms with van der Waals surface area (Å²) in [5.41, 5.74) is 6.90. The van der Waals surface area contributed by atoms with Crippen LogP contribution < -0.4 is 30.7 Å². The minimum absolute atomic E-state index is 0.225. The topological polar surface area (TPSA) is 167 Å². The monoisotopic (exact) mass is 738 g/mol. The summed E-state index contributed by atoms with van der Waals surface area (Å²) in [6.07, 6.45) is 8.33. The van der Waals surface area contributed by atoms with Crippen LogP contribution in [0.5, 0.6) is 11.5 Å². The third kappa shape index (κ3) is 10.00. The standard InChI is InChI=1S/C38H44N6O6.C4H10/c1-21-29(7-5-9-31(21)43-37(47)33-15-35(49-3)23(19-41-33)17-39-25-11-27(45)12-25)30-8-6-10-32(22(30)2)44-38(48)34-16-36(50-4)24(20-42-34)18-40-26-13-28(46)14-26;1-3-4-2/h5-10,15-16,19-20,25-28,39-40,45-46H,11-14,17-18H2,1-4H3,(H,43,47)(H,44,48);3-4H2,1-2H3. The van der Waals surface area contributed by atoms with Crippen molar-refractivity contribution in [2.75, 3.05) is 24.9 Å². The maximum absolute atomic E-state index is 13.3. The van der Waals surface area contributed by atoms with E-state index in [1.807, 2.05) is 50.2 Å². The summed E-state index contributed by atoms with van der Waals surface area (Å²) in [6, 6.07) is 15.2. The van der Waals surface area contributed by atoms with Gasteiger partial charge < -0.3 is 41.0 Å². The molecule has 54 heavy (non-hydrogen) atoms. The number of carbonyl (C=O) groups excluding carboxylic acids is 2. The number of nitrogens with one attached hydrogen (secondary N) is 4. The van der Waals surface area contributed by atoms with Crippen LogP contribution in [0.15, 0.2) is 60.9 Å². The molecule has 288 valence electrons. The van der Waals surface area contributed by atoms with Gasteiger partial charge in [-0.2, -0.15) is 0 Å². The van der Waals surface area contributed by atoms with Crippen molar-refractivity contribution in [3.63, 3.8) is 0 Å². The number of benzene rings is 2. The van der Waals surface area contributed by atoms with E-state index in [-0.39, 0.29) is 47.5 Å². The van der Waals surface area contributed by atoms with Gasteiger partial charge in [-0.15, -0.1) is 0 Å². The van der Waals surface area contributed by atoms with Crippen LogP contribution in [-0.4, -0.2) is 70.5 Å². The Morgan fingerprint density at radius 1 is 0.685 bits per heavy atom. The van der Waals surface area contributed by atoms with Crippen molar-refractivity contribution in [2.45, 2.75) is 104 Å². The number of carbonyl (C=O) groups is 2. The van der Waals surface area contributed by atoms with Crippen molar-refractivity contribution in [2.24, 2.45) is 0 Å². The van der Waals surface area contributed by atoms with E-state index in [1.54, 1.807) is 38.7 Å². The number of anilines is 2. The van der Waals surface area contributed by atoms with Crippen molar-refractivity contribution in [1.29, 1.82) is 0 Å². The van der Waals surface area contributed by atoms with Crippen LogP contribution in [0.1, 0.15) is 95.6 Å². The van der Waals surface area contributed by atoms with E-state index in [1.165, 1.54) is 12.8 Å². The molecule has 2 saturated carbocycles. The molecular formula is C42H54N6O6. The summed E-state index contributed by atoms with van der Waals surface area (Å²) >= 11 is 0. The van der Waals surface area contributed by atoms with Gasteiger partial charge in [-0.3, -0.25) is 19.6 Å². The van der Waals surface area contributed by atoms with Gasteiger partial charge >= 0.3 is 0 Å². The Labute approximate surface area is 318 Å². The van der Waals surface area contributed by atoms with Crippen LogP contribution in [0.25, 0.3) is 11.1 Å². The fraction of sp³-hybridized carbons (Fsp3) is 0.429. The van der Waals surface area contributed by atoms with E-state index in [0.717, 1.165) is 59.1 Å². The number of rotatable bonds is 14. The molecule has 0 spiro atoms. The molecule has 2 aromatic carbocycles. The van der Waals surface area contributed by atoms with Crippen LogP contribution >= 0.6 is 0 Å². The van der Waals surface area contributed by atoms with Crippen molar-refractivity contribution < 1.29 is 29.3 Å². The predicted molar refractivity (Wildman–Crippen MR) is 211 cm³/mol. The zero-order chi connectivity index (χ0) is 38.8. The van der Waals surface area contributed by atoms with Gasteiger partial charge in [0, 0.05) is 72.2 Å². The summed E-state index contributed by atoms with van der Waals surface area (Å²) in [6.45, 7) is 9.29. The minimum Gasteiger partial charge on any atom is -0.496 e. The minimum atomic E-state index is -0.366. The Morgan fingerprint density at radius 2 is 1.07 bits per heavy atom.